The number of aromatic hydroxyl groups is 2. The van der Waals surface area contributed by atoms with E-state index >= 15 is 0 Å². The van der Waals surface area contributed by atoms with Crippen molar-refractivity contribution < 1.29 is 10.2 Å². The van der Waals surface area contributed by atoms with Gasteiger partial charge < -0.3 is 10.2 Å². The molecule has 0 atom stereocenters. The predicted octanol–water partition coefficient (Wildman–Crippen LogP) is 2.61. The van der Waals surface area contributed by atoms with Gasteiger partial charge >= 0.3 is 0 Å². The van der Waals surface area contributed by atoms with Gasteiger partial charge in [0.15, 0.2) is 0 Å². The number of hydrogen-bond donors (Lipinski definition) is 3. The van der Waals surface area contributed by atoms with Crippen LogP contribution in [0.2, 0.25) is 0 Å². The number of hydrazone groups is 1. The summed E-state index contributed by atoms with van der Waals surface area (Å²) in [6, 6.07) is 13.7. The molecule has 2 rings (SSSR count). The quantitative estimate of drug-likeness (QED) is 0.582. The summed E-state index contributed by atoms with van der Waals surface area (Å²) in [5.74, 6) is 0.600. The molecule has 3 N–H and O–H groups in total. The summed E-state index contributed by atoms with van der Waals surface area (Å²) in [5, 5.41) is 23.1. The van der Waals surface area contributed by atoms with Crippen LogP contribution in [-0.4, -0.2) is 22.6 Å². The Hall–Kier alpha value is -3.08. The number of nitrogens with one attached hydrogen (secondary N) is 1. The Balaban J connectivity index is 1.94. The maximum Gasteiger partial charge on any atom is 0.138 e. The van der Waals surface area contributed by atoms with Crippen LogP contribution in [0.15, 0.2) is 71.0 Å². The van der Waals surface area contributed by atoms with E-state index in [1.165, 1.54) is 12.4 Å². The largest absolute Gasteiger partial charge is 0.507 e. The molecule has 0 aromatic heterocycles. The molecule has 0 heterocycles. The number of nitrogens with zero attached hydrogens (tertiary/aromatic N) is 2. The summed E-state index contributed by atoms with van der Waals surface area (Å²) >= 11 is 0. The van der Waals surface area contributed by atoms with E-state index in [9.17, 15) is 10.2 Å². The molecular formula is C16H15N3O2. The van der Waals surface area contributed by atoms with Crippen LogP contribution in [0.3, 0.4) is 0 Å². The summed E-state index contributed by atoms with van der Waals surface area (Å²) < 4.78 is 0. The van der Waals surface area contributed by atoms with Crippen molar-refractivity contribution in [1.29, 1.82) is 0 Å². The second-order valence-corrected chi connectivity index (χ2v) is 4.19. The van der Waals surface area contributed by atoms with E-state index in [0.717, 1.165) is 0 Å². The van der Waals surface area contributed by atoms with Crippen LogP contribution in [0.4, 0.5) is 0 Å². The lowest BCUT2D eigenvalue weighted by molar-refractivity contribution is 0.474. The van der Waals surface area contributed by atoms with E-state index in [1.54, 1.807) is 48.5 Å². The number of para-hydroxylation sites is 2. The van der Waals surface area contributed by atoms with Crippen molar-refractivity contribution in [2.45, 2.75) is 0 Å². The van der Waals surface area contributed by atoms with Crippen molar-refractivity contribution in [2.75, 3.05) is 0 Å². The number of aliphatic imine (C=N–C) groups is 1. The first kappa shape index (κ1) is 14.3. The van der Waals surface area contributed by atoms with Gasteiger partial charge in [-0.15, -0.1) is 0 Å². The average molecular weight is 281 g/mol. The summed E-state index contributed by atoms with van der Waals surface area (Å²) in [6.45, 7) is 3.69. The van der Waals surface area contributed by atoms with Crippen LogP contribution < -0.4 is 5.43 Å². The lowest BCUT2D eigenvalue weighted by Gasteiger charge is -2.00. The first-order chi connectivity index (χ1) is 10.2. The molecule has 0 fully saturated rings. The van der Waals surface area contributed by atoms with E-state index in [-0.39, 0.29) is 11.5 Å². The van der Waals surface area contributed by atoms with Crippen molar-refractivity contribution in [3.63, 3.8) is 0 Å². The molecule has 106 valence electrons. The van der Waals surface area contributed by atoms with Crippen molar-refractivity contribution in [3.05, 3.63) is 72.1 Å². The van der Waals surface area contributed by atoms with Gasteiger partial charge in [-0.1, -0.05) is 30.8 Å². The van der Waals surface area contributed by atoms with Crippen molar-refractivity contribution in [1.82, 2.24) is 5.43 Å². The molecule has 2 aromatic carbocycles. The monoisotopic (exact) mass is 281 g/mol. The molecule has 0 bridgehead atoms. The fraction of sp³-hybridized carbons (Fsp3) is 0. The van der Waals surface area contributed by atoms with Crippen LogP contribution in [0.1, 0.15) is 11.1 Å². The first-order valence-electron chi connectivity index (χ1n) is 6.25. The second-order valence-electron chi connectivity index (χ2n) is 4.19. The molecule has 0 radical (unpaired) electrons. The van der Waals surface area contributed by atoms with Crippen molar-refractivity contribution in [3.8, 4) is 11.5 Å². The third-order valence-electron chi connectivity index (χ3n) is 2.63. The smallest absolute Gasteiger partial charge is 0.138 e. The lowest BCUT2D eigenvalue weighted by Crippen LogP contribution is -2.02. The molecule has 0 aliphatic rings. The molecule has 0 saturated carbocycles. The Morgan fingerprint density at radius 2 is 1.43 bits per heavy atom. The number of rotatable bonds is 5. The summed E-state index contributed by atoms with van der Waals surface area (Å²) in [5.41, 5.74) is 3.81. The molecule has 21 heavy (non-hydrogen) atoms. The zero-order chi connectivity index (χ0) is 15.1. The number of benzene rings is 2. The summed E-state index contributed by atoms with van der Waals surface area (Å²) in [6.07, 6.45) is 2.95. The Bertz CT molecular complexity index is 693. The van der Waals surface area contributed by atoms with Crippen molar-refractivity contribution in [2.24, 2.45) is 10.1 Å². The third kappa shape index (κ3) is 4.21. The Labute approximate surface area is 122 Å². The minimum Gasteiger partial charge on any atom is -0.507 e. The average Bonchev–Trinajstić information content (AvgIpc) is 2.48. The van der Waals surface area contributed by atoms with E-state index in [1.807, 2.05) is 0 Å². The van der Waals surface area contributed by atoms with Gasteiger partial charge in [0, 0.05) is 17.3 Å². The SMILES string of the molecule is C=C(N=Cc1ccccc1O)N/N=C/c1ccccc1O. The fourth-order valence-corrected chi connectivity index (χ4v) is 1.55. The van der Waals surface area contributed by atoms with Gasteiger partial charge in [0.25, 0.3) is 0 Å². The number of phenolic OH excluding ortho intramolecular Hbond substituents is 2. The maximum absolute atomic E-state index is 9.58. The van der Waals surface area contributed by atoms with E-state index in [4.69, 9.17) is 0 Å². The van der Waals surface area contributed by atoms with Gasteiger partial charge in [0.1, 0.15) is 17.3 Å². The second kappa shape index (κ2) is 6.91. The molecule has 0 unspecified atom stereocenters. The van der Waals surface area contributed by atoms with E-state index in [0.29, 0.717) is 16.9 Å². The van der Waals surface area contributed by atoms with Crippen LogP contribution in [0, 0.1) is 0 Å². The summed E-state index contributed by atoms with van der Waals surface area (Å²) in [7, 11) is 0. The van der Waals surface area contributed by atoms with Gasteiger partial charge in [-0.3, -0.25) is 5.43 Å². The lowest BCUT2D eigenvalue weighted by atomic mass is 10.2. The standard InChI is InChI=1S/C16H15N3O2/c1-12(17-10-13-6-2-4-8-15(13)20)19-18-11-14-7-3-5-9-16(14)21/h2-11,19-21H,1H2/b17-10?,18-11+. The molecule has 0 spiro atoms. The molecule has 0 aliphatic heterocycles. The fourth-order valence-electron chi connectivity index (χ4n) is 1.55. The molecule has 0 saturated heterocycles. The Kier molecular flexibility index (Phi) is 4.71. The van der Waals surface area contributed by atoms with E-state index < -0.39 is 0 Å². The molecule has 0 aliphatic carbocycles. The number of phenols is 2. The topological polar surface area (TPSA) is 77.2 Å². The van der Waals surface area contributed by atoms with Gasteiger partial charge in [0.05, 0.1) is 6.21 Å². The van der Waals surface area contributed by atoms with Crippen LogP contribution in [0.5, 0.6) is 11.5 Å². The Morgan fingerprint density at radius 3 is 2.00 bits per heavy atom. The zero-order valence-corrected chi connectivity index (χ0v) is 11.3. The zero-order valence-electron chi connectivity index (χ0n) is 11.3. The van der Waals surface area contributed by atoms with Crippen LogP contribution in [0.25, 0.3) is 0 Å². The predicted molar refractivity (Wildman–Crippen MR) is 83.7 cm³/mol. The summed E-state index contributed by atoms with van der Waals surface area (Å²) in [4.78, 5) is 4.04. The molecular weight excluding hydrogens is 266 g/mol. The highest BCUT2D eigenvalue weighted by Gasteiger charge is 1.96. The normalized spacial score (nSPS) is 11.0. The molecule has 5 heteroatoms. The van der Waals surface area contributed by atoms with Crippen LogP contribution in [-0.2, 0) is 0 Å². The first-order valence-corrected chi connectivity index (χ1v) is 6.25. The minimum atomic E-state index is 0.145. The van der Waals surface area contributed by atoms with Gasteiger partial charge in [-0.25, -0.2) is 4.99 Å². The highest BCUT2D eigenvalue weighted by Crippen LogP contribution is 2.13. The Morgan fingerprint density at radius 1 is 0.905 bits per heavy atom. The van der Waals surface area contributed by atoms with Gasteiger partial charge in [0.2, 0.25) is 0 Å². The minimum absolute atomic E-state index is 0.145. The highest BCUT2D eigenvalue weighted by molar-refractivity contribution is 5.84. The molecule has 5 nitrogen and oxygen atoms in total. The number of hydrogen-bond acceptors (Lipinski definition) is 5. The van der Waals surface area contributed by atoms with Crippen LogP contribution >= 0.6 is 0 Å². The van der Waals surface area contributed by atoms with Gasteiger partial charge in [-0.05, 0) is 24.3 Å². The highest BCUT2D eigenvalue weighted by atomic mass is 16.3. The molecule has 2 aromatic rings. The third-order valence-corrected chi connectivity index (χ3v) is 2.63. The van der Waals surface area contributed by atoms with Gasteiger partial charge in [-0.2, -0.15) is 5.10 Å². The molecule has 0 amide bonds. The van der Waals surface area contributed by atoms with Crippen molar-refractivity contribution >= 4 is 12.4 Å². The maximum atomic E-state index is 9.58. The van der Waals surface area contributed by atoms with E-state index in [2.05, 4.69) is 22.1 Å².